The van der Waals surface area contributed by atoms with Gasteiger partial charge in [0, 0.05) is 17.2 Å². The van der Waals surface area contributed by atoms with Crippen molar-refractivity contribution in [2.45, 2.75) is 32.4 Å². The summed E-state index contributed by atoms with van der Waals surface area (Å²) in [5.74, 6) is -0.305. The number of benzene rings is 3. The second kappa shape index (κ2) is 8.99. The smallest absolute Gasteiger partial charge is 0.324 e. The molecule has 3 aromatic rings. The molecule has 1 fully saturated rings. The molecule has 0 N–H and O–H groups in total. The van der Waals surface area contributed by atoms with Crippen LogP contribution in [0.15, 0.2) is 84.9 Å². The first-order valence-electron chi connectivity index (χ1n) is 10.3. The van der Waals surface area contributed by atoms with E-state index in [1.807, 2.05) is 96.5 Å². The Hall–Kier alpha value is -2.68. The van der Waals surface area contributed by atoms with Crippen LogP contribution in [0, 0.1) is 6.92 Å². The number of hydrogen-bond acceptors (Lipinski definition) is 3. The first kappa shape index (κ1) is 20.6. The molecule has 0 bridgehead atoms. The lowest BCUT2D eigenvalue weighted by atomic mass is 10.2. The van der Waals surface area contributed by atoms with Gasteiger partial charge in [-0.05, 0) is 49.1 Å². The Morgan fingerprint density at radius 2 is 1.60 bits per heavy atom. The molecule has 1 saturated heterocycles. The van der Waals surface area contributed by atoms with Gasteiger partial charge in [0.15, 0.2) is 0 Å². The molecule has 0 aromatic heterocycles. The van der Waals surface area contributed by atoms with Crippen LogP contribution < -0.4 is 10.6 Å². The lowest BCUT2D eigenvalue weighted by molar-refractivity contribution is -0.148. The molecule has 30 heavy (non-hydrogen) atoms. The normalized spacial score (nSPS) is 18.6. The molecular formula is C25H26NO3P. The lowest BCUT2D eigenvalue weighted by Crippen LogP contribution is -2.41. The second-order valence-electron chi connectivity index (χ2n) is 7.61. The fraction of sp³-hybridized carbons (Fsp3) is 0.240. The maximum atomic E-state index is 14.7. The van der Waals surface area contributed by atoms with Gasteiger partial charge in [0.05, 0.1) is 0 Å². The molecule has 5 heteroatoms. The minimum atomic E-state index is -3.18. The van der Waals surface area contributed by atoms with E-state index in [2.05, 4.69) is 0 Å². The van der Waals surface area contributed by atoms with Crippen molar-refractivity contribution < 1.29 is 14.1 Å². The molecule has 1 unspecified atom stereocenters. The van der Waals surface area contributed by atoms with Crippen LogP contribution in [0.25, 0.3) is 0 Å². The molecule has 1 aliphatic rings. The van der Waals surface area contributed by atoms with E-state index in [0.29, 0.717) is 13.0 Å². The molecule has 0 amide bonds. The van der Waals surface area contributed by atoms with Gasteiger partial charge in [0.2, 0.25) is 7.29 Å². The average Bonchev–Trinajstić information content (AvgIpc) is 3.29. The summed E-state index contributed by atoms with van der Waals surface area (Å²) in [6.07, 6.45) is 1.46. The maximum absolute atomic E-state index is 14.7. The zero-order valence-corrected chi connectivity index (χ0v) is 18.0. The average molecular weight is 419 g/mol. The molecule has 4 rings (SSSR count). The van der Waals surface area contributed by atoms with Crippen molar-refractivity contribution in [1.29, 1.82) is 0 Å². The number of nitrogens with zero attached hydrogens (tertiary/aromatic N) is 1. The van der Waals surface area contributed by atoms with Gasteiger partial charge in [-0.15, -0.1) is 0 Å². The summed E-state index contributed by atoms with van der Waals surface area (Å²) in [6, 6.07) is 26.4. The summed E-state index contributed by atoms with van der Waals surface area (Å²) >= 11 is 0. The lowest BCUT2D eigenvalue weighted by Gasteiger charge is -2.33. The Labute approximate surface area is 177 Å². The Morgan fingerprint density at radius 1 is 0.967 bits per heavy atom. The number of hydrogen-bond donors (Lipinski definition) is 0. The van der Waals surface area contributed by atoms with E-state index in [1.165, 1.54) is 0 Å². The van der Waals surface area contributed by atoms with Crippen LogP contribution in [0.4, 0.5) is 0 Å². The summed E-state index contributed by atoms with van der Waals surface area (Å²) in [7, 11) is -3.18. The zero-order chi connectivity index (χ0) is 21.0. The highest BCUT2D eigenvalue weighted by atomic mass is 31.2. The third kappa shape index (κ3) is 3.98. The summed E-state index contributed by atoms with van der Waals surface area (Å²) in [4.78, 5) is 13.0. The predicted molar refractivity (Wildman–Crippen MR) is 120 cm³/mol. The van der Waals surface area contributed by atoms with Gasteiger partial charge in [-0.3, -0.25) is 9.36 Å². The van der Waals surface area contributed by atoms with E-state index in [4.69, 9.17) is 4.74 Å². The Morgan fingerprint density at radius 3 is 2.30 bits per heavy atom. The third-order valence-electron chi connectivity index (χ3n) is 5.63. The van der Waals surface area contributed by atoms with Crippen molar-refractivity contribution in [2.24, 2.45) is 0 Å². The molecular weight excluding hydrogens is 393 g/mol. The molecule has 1 heterocycles. The van der Waals surface area contributed by atoms with Crippen LogP contribution in [-0.2, 0) is 20.7 Å². The van der Waals surface area contributed by atoms with Gasteiger partial charge >= 0.3 is 5.97 Å². The van der Waals surface area contributed by atoms with E-state index in [-0.39, 0.29) is 12.6 Å². The number of carbonyl (C=O) groups excluding carboxylic acids is 1. The summed E-state index contributed by atoms with van der Waals surface area (Å²) < 4.78 is 22.3. The van der Waals surface area contributed by atoms with Crippen molar-refractivity contribution in [2.75, 3.05) is 6.54 Å². The van der Waals surface area contributed by atoms with E-state index in [0.717, 1.165) is 28.2 Å². The van der Waals surface area contributed by atoms with Crippen LogP contribution >= 0.6 is 7.29 Å². The van der Waals surface area contributed by atoms with Crippen molar-refractivity contribution in [3.8, 4) is 0 Å². The topological polar surface area (TPSA) is 46.6 Å². The minimum Gasteiger partial charge on any atom is -0.460 e. The predicted octanol–water partition coefficient (Wildman–Crippen LogP) is 4.43. The highest BCUT2D eigenvalue weighted by Gasteiger charge is 2.45. The molecule has 154 valence electrons. The van der Waals surface area contributed by atoms with Crippen LogP contribution in [0.2, 0.25) is 0 Å². The Bertz CT molecular complexity index is 1050. The van der Waals surface area contributed by atoms with E-state index >= 15 is 0 Å². The van der Waals surface area contributed by atoms with Gasteiger partial charge in [0.1, 0.15) is 12.6 Å². The summed E-state index contributed by atoms with van der Waals surface area (Å²) in [5, 5.41) is 1.54. The quantitative estimate of drug-likeness (QED) is 0.438. The molecule has 2 atom stereocenters. The molecule has 0 aliphatic carbocycles. The highest BCUT2D eigenvalue weighted by Crippen LogP contribution is 2.52. The van der Waals surface area contributed by atoms with Crippen LogP contribution in [-0.4, -0.2) is 23.2 Å². The van der Waals surface area contributed by atoms with E-state index in [1.54, 1.807) is 0 Å². The largest absolute Gasteiger partial charge is 0.460 e. The fourth-order valence-electron chi connectivity index (χ4n) is 4.11. The summed E-state index contributed by atoms with van der Waals surface area (Å²) in [5.41, 5.74) is 1.91. The van der Waals surface area contributed by atoms with Gasteiger partial charge in [0.25, 0.3) is 0 Å². The second-order valence-corrected chi connectivity index (χ2v) is 10.3. The third-order valence-corrected chi connectivity index (χ3v) is 8.99. The summed E-state index contributed by atoms with van der Waals surface area (Å²) in [6.45, 7) is 2.80. The van der Waals surface area contributed by atoms with Gasteiger partial charge in [-0.1, -0.05) is 66.7 Å². The van der Waals surface area contributed by atoms with Crippen molar-refractivity contribution in [1.82, 2.24) is 4.67 Å². The molecule has 0 radical (unpaired) electrons. The number of aryl methyl sites for hydroxylation is 1. The number of ether oxygens (including phenoxy) is 1. The fourth-order valence-corrected chi connectivity index (χ4v) is 7.41. The standard InChI is InChI=1S/C25H26NO3P/c1-20-11-8-9-17-24(20)30(28,22-14-6-3-7-15-22)26-18-10-16-23(26)25(27)29-19-21-12-4-2-5-13-21/h2-9,11-15,17,23H,10,16,18-19H2,1H3/t23-,30?/m0/s1. The zero-order valence-electron chi connectivity index (χ0n) is 17.1. The molecule has 1 aliphatic heterocycles. The van der Waals surface area contributed by atoms with Gasteiger partial charge in [-0.25, -0.2) is 4.67 Å². The Kier molecular flexibility index (Phi) is 6.17. The first-order chi connectivity index (χ1) is 14.6. The van der Waals surface area contributed by atoms with E-state index < -0.39 is 13.3 Å². The molecule has 0 spiro atoms. The van der Waals surface area contributed by atoms with E-state index in [9.17, 15) is 9.36 Å². The maximum Gasteiger partial charge on any atom is 0.324 e. The van der Waals surface area contributed by atoms with Gasteiger partial charge in [-0.2, -0.15) is 0 Å². The molecule has 3 aromatic carbocycles. The molecule has 0 saturated carbocycles. The van der Waals surface area contributed by atoms with Crippen LogP contribution in [0.5, 0.6) is 0 Å². The monoisotopic (exact) mass is 419 g/mol. The molecule has 4 nitrogen and oxygen atoms in total. The van der Waals surface area contributed by atoms with Crippen molar-refractivity contribution >= 4 is 23.9 Å². The van der Waals surface area contributed by atoms with Crippen molar-refractivity contribution in [3.05, 3.63) is 96.1 Å². The SMILES string of the molecule is Cc1ccccc1P(=O)(c1ccccc1)N1CCC[C@H]1C(=O)OCc1ccccc1. The minimum absolute atomic E-state index is 0.226. The Balaban J connectivity index is 1.67. The highest BCUT2D eigenvalue weighted by molar-refractivity contribution is 7.76. The van der Waals surface area contributed by atoms with Gasteiger partial charge < -0.3 is 4.74 Å². The first-order valence-corrected chi connectivity index (χ1v) is 12.0. The van der Waals surface area contributed by atoms with Crippen molar-refractivity contribution in [3.63, 3.8) is 0 Å². The van der Waals surface area contributed by atoms with Crippen LogP contribution in [0.3, 0.4) is 0 Å². The van der Waals surface area contributed by atoms with Crippen LogP contribution in [0.1, 0.15) is 24.0 Å². The number of esters is 1. The number of carbonyl (C=O) groups is 1. The number of rotatable bonds is 6.